The molecule has 0 spiro atoms. The zero-order chi connectivity index (χ0) is 20.8. The van der Waals surface area contributed by atoms with Crippen LogP contribution in [-0.4, -0.2) is 28.8 Å². The van der Waals surface area contributed by atoms with Crippen LogP contribution in [0, 0.1) is 0 Å². The van der Waals surface area contributed by atoms with Gasteiger partial charge in [-0.3, -0.25) is 4.79 Å². The molecule has 3 aromatic rings. The van der Waals surface area contributed by atoms with Crippen molar-refractivity contribution in [2.45, 2.75) is 31.7 Å². The number of hydrogen-bond donors (Lipinski definition) is 0. The first-order valence-electron chi connectivity index (χ1n) is 9.28. The summed E-state index contributed by atoms with van der Waals surface area (Å²) in [5, 5.41) is 0.695. The van der Waals surface area contributed by atoms with Gasteiger partial charge in [0.15, 0.2) is 4.80 Å². The van der Waals surface area contributed by atoms with E-state index in [1.165, 1.54) is 11.3 Å². The van der Waals surface area contributed by atoms with Crippen molar-refractivity contribution in [1.82, 2.24) is 4.57 Å². The highest BCUT2D eigenvalue weighted by molar-refractivity contribution is 7.99. The quantitative estimate of drug-likeness (QED) is 0.370. The van der Waals surface area contributed by atoms with E-state index in [0.29, 0.717) is 40.7 Å². The second-order valence-electron chi connectivity index (χ2n) is 6.09. The summed E-state index contributed by atoms with van der Waals surface area (Å²) in [6.07, 6.45) is 0.347. The maximum absolute atomic E-state index is 12.4. The van der Waals surface area contributed by atoms with Crippen LogP contribution in [0.3, 0.4) is 0 Å². The summed E-state index contributed by atoms with van der Waals surface area (Å²) in [4.78, 5) is 30.4. The molecule has 0 N–H and O–H groups in total. The summed E-state index contributed by atoms with van der Waals surface area (Å²) < 4.78 is 7.95. The number of thiazole rings is 1. The average molecular weight is 449 g/mol. The van der Waals surface area contributed by atoms with Gasteiger partial charge in [-0.1, -0.05) is 22.9 Å². The van der Waals surface area contributed by atoms with E-state index in [2.05, 4.69) is 4.99 Å². The first kappa shape index (κ1) is 21.6. The van der Waals surface area contributed by atoms with Crippen molar-refractivity contribution >= 4 is 56.8 Å². The van der Waals surface area contributed by atoms with Crippen molar-refractivity contribution in [3.8, 4) is 0 Å². The molecule has 0 aliphatic heterocycles. The van der Waals surface area contributed by atoms with Crippen molar-refractivity contribution < 1.29 is 14.3 Å². The maximum Gasteiger partial charge on any atom is 0.338 e. The van der Waals surface area contributed by atoms with E-state index in [9.17, 15) is 9.59 Å². The first-order valence-corrected chi connectivity index (χ1v) is 11.5. The molecule has 0 saturated carbocycles. The summed E-state index contributed by atoms with van der Waals surface area (Å²) in [5.41, 5.74) is 1.45. The molecule has 29 heavy (non-hydrogen) atoms. The first-order chi connectivity index (χ1) is 14.0. The molecule has 0 saturated heterocycles. The number of carbonyl (C=O) groups excluding carboxylic acids is 2. The number of halogens is 1. The van der Waals surface area contributed by atoms with Gasteiger partial charge in [0.25, 0.3) is 0 Å². The largest absolute Gasteiger partial charge is 0.462 e. The number of esters is 1. The van der Waals surface area contributed by atoms with E-state index in [1.54, 1.807) is 30.8 Å². The van der Waals surface area contributed by atoms with Crippen LogP contribution in [0.5, 0.6) is 0 Å². The molecule has 5 nitrogen and oxygen atoms in total. The summed E-state index contributed by atoms with van der Waals surface area (Å²) in [5.74, 6) is 0.138. The van der Waals surface area contributed by atoms with Crippen LogP contribution < -0.4 is 4.80 Å². The molecular formula is C21H21ClN2O3S2. The molecule has 0 atom stereocenters. The Labute approximate surface area is 182 Å². The molecule has 152 valence electrons. The van der Waals surface area contributed by atoms with Gasteiger partial charge in [-0.05, 0) is 56.3 Å². The molecule has 0 aliphatic rings. The Balaban J connectivity index is 1.76. The molecule has 1 amide bonds. The predicted molar refractivity (Wildman–Crippen MR) is 119 cm³/mol. The lowest BCUT2D eigenvalue weighted by Crippen LogP contribution is -2.16. The van der Waals surface area contributed by atoms with Gasteiger partial charge in [0.1, 0.15) is 0 Å². The molecule has 1 aromatic heterocycles. The summed E-state index contributed by atoms with van der Waals surface area (Å²) in [6.45, 7) is 4.80. The molecule has 0 aliphatic carbocycles. The van der Waals surface area contributed by atoms with Crippen LogP contribution in [0.1, 0.15) is 30.6 Å². The average Bonchev–Trinajstić information content (AvgIpc) is 3.05. The van der Waals surface area contributed by atoms with Gasteiger partial charge in [-0.2, -0.15) is 4.99 Å². The normalized spacial score (nSPS) is 11.8. The van der Waals surface area contributed by atoms with Crippen LogP contribution >= 0.6 is 34.7 Å². The van der Waals surface area contributed by atoms with Gasteiger partial charge < -0.3 is 9.30 Å². The highest BCUT2D eigenvalue weighted by Crippen LogP contribution is 2.22. The summed E-state index contributed by atoms with van der Waals surface area (Å²) in [6, 6.07) is 13.0. The van der Waals surface area contributed by atoms with Crippen LogP contribution in [-0.2, 0) is 16.1 Å². The minimum atomic E-state index is -0.348. The third-order valence-corrected chi connectivity index (χ3v) is 6.44. The standard InChI is InChI=1S/C21H21ClN2O3S2/c1-3-24-17-10-5-14(20(26)27-4-2)13-18(17)29-21(24)23-19(25)11-12-28-16-8-6-15(22)7-9-16/h5-10,13H,3-4,11-12H2,1-2H3. The van der Waals surface area contributed by atoms with Gasteiger partial charge in [0.05, 0.1) is 22.4 Å². The summed E-state index contributed by atoms with van der Waals surface area (Å²) in [7, 11) is 0. The van der Waals surface area contributed by atoms with Crippen molar-refractivity contribution in [3.63, 3.8) is 0 Å². The lowest BCUT2D eigenvalue weighted by Gasteiger charge is -2.03. The molecule has 0 unspecified atom stereocenters. The third-order valence-electron chi connectivity index (χ3n) is 4.13. The van der Waals surface area contributed by atoms with Gasteiger partial charge in [-0.25, -0.2) is 4.79 Å². The number of fused-ring (bicyclic) bond motifs is 1. The van der Waals surface area contributed by atoms with Crippen molar-refractivity contribution in [2.24, 2.45) is 4.99 Å². The minimum Gasteiger partial charge on any atom is -0.462 e. The van der Waals surface area contributed by atoms with E-state index in [0.717, 1.165) is 15.1 Å². The molecule has 0 bridgehead atoms. The lowest BCUT2D eigenvalue weighted by atomic mass is 10.2. The number of carbonyl (C=O) groups is 2. The highest BCUT2D eigenvalue weighted by Gasteiger charge is 2.12. The van der Waals surface area contributed by atoms with Gasteiger partial charge in [0, 0.05) is 28.6 Å². The number of amides is 1. The number of benzene rings is 2. The number of ether oxygens (including phenoxy) is 1. The minimum absolute atomic E-state index is 0.161. The lowest BCUT2D eigenvalue weighted by molar-refractivity contribution is -0.117. The van der Waals surface area contributed by atoms with E-state index >= 15 is 0 Å². The van der Waals surface area contributed by atoms with E-state index in [4.69, 9.17) is 16.3 Å². The van der Waals surface area contributed by atoms with Crippen molar-refractivity contribution in [2.75, 3.05) is 12.4 Å². The topological polar surface area (TPSA) is 60.7 Å². The number of hydrogen-bond acceptors (Lipinski definition) is 5. The Kier molecular flexibility index (Phi) is 7.52. The fourth-order valence-corrected chi connectivity index (χ4v) is 4.87. The number of aromatic nitrogens is 1. The molecule has 2 aromatic carbocycles. The smallest absolute Gasteiger partial charge is 0.338 e. The third kappa shape index (κ3) is 5.50. The maximum atomic E-state index is 12.4. The fourth-order valence-electron chi connectivity index (χ4n) is 2.76. The number of rotatable bonds is 7. The number of nitrogens with zero attached hydrogens (tertiary/aromatic N) is 2. The van der Waals surface area contributed by atoms with Gasteiger partial charge >= 0.3 is 5.97 Å². The molecule has 0 radical (unpaired) electrons. The second-order valence-corrected chi connectivity index (χ2v) is 8.70. The zero-order valence-corrected chi connectivity index (χ0v) is 18.6. The molecule has 3 rings (SSSR count). The molecule has 0 fully saturated rings. The SMILES string of the molecule is CCOC(=O)c1ccc2c(c1)sc(=NC(=O)CCSc1ccc(Cl)cc1)n2CC. The fraction of sp³-hybridized carbons (Fsp3) is 0.286. The molecular weight excluding hydrogens is 428 g/mol. The summed E-state index contributed by atoms with van der Waals surface area (Å²) >= 11 is 8.89. The number of thioether (sulfide) groups is 1. The van der Waals surface area contributed by atoms with E-state index in [-0.39, 0.29) is 11.9 Å². The zero-order valence-electron chi connectivity index (χ0n) is 16.2. The van der Waals surface area contributed by atoms with Crippen molar-refractivity contribution in [3.05, 3.63) is 57.9 Å². The van der Waals surface area contributed by atoms with Gasteiger partial charge in [0.2, 0.25) is 5.91 Å². The van der Waals surface area contributed by atoms with Gasteiger partial charge in [-0.15, -0.1) is 11.8 Å². The van der Waals surface area contributed by atoms with Crippen LogP contribution in [0.4, 0.5) is 0 Å². The van der Waals surface area contributed by atoms with Crippen LogP contribution in [0.2, 0.25) is 5.02 Å². The second kappa shape index (κ2) is 10.1. The Hall–Kier alpha value is -2.09. The number of aryl methyl sites for hydroxylation is 1. The van der Waals surface area contributed by atoms with Crippen LogP contribution in [0.15, 0.2) is 52.4 Å². The highest BCUT2D eigenvalue weighted by atomic mass is 35.5. The molecule has 8 heteroatoms. The molecule has 1 heterocycles. The predicted octanol–water partition coefficient (Wildman–Crippen LogP) is 5.16. The Morgan fingerprint density at radius 1 is 1.17 bits per heavy atom. The Morgan fingerprint density at radius 3 is 2.62 bits per heavy atom. The Morgan fingerprint density at radius 2 is 1.93 bits per heavy atom. The monoisotopic (exact) mass is 448 g/mol. The van der Waals surface area contributed by atoms with Crippen molar-refractivity contribution in [1.29, 1.82) is 0 Å². The van der Waals surface area contributed by atoms with E-state index < -0.39 is 0 Å². The Bertz CT molecular complexity index is 1090. The van der Waals surface area contributed by atoms with Crippen LogP contribution in [0.25, 0.3) is 10.2 Å². The van der Waals surface area contributed by atoms with E-state index in [1.807, 2.05) is 41.8 Å².